The molecule has 3 aromatic rings. The number of anilines is 1. The van der Waals surface area contributed by atoms with Crippen molar-refractivity contribution in [1.29, 1.82) is 0 Å². The Bertz CT molecular complexity index is 1230. The highest BCUT2D eigenvalue weighted by atomic mass is 35.5. The lowest BCUT2D eigenvalue weighted by Crippen LogP contribution is -2.33. The molecule has 4 rings (SSSR count). The van der Waals surface area contributed by atoms with Gasteiger partial charge >= 0.3 is 6.03 Å². The van der Waals surface area contributed by atoms with E-state index in [-0.39, 0.29) is 29.5 Å². The van der Waals surface area contributed by atoms with Crippen LogP contribution in [0.25, 0.3) is 0 Å². The number of pyridine rings is 1. The summed E-state index contributed by atoms with van der Waals surface area (Å²) < 4.78 is 33.7. The first-order valence-corrected chi connectivity index (χ1v) is 9.85. The number of rotatable bonds is 5. The average molecular weight is 446 g/mol. The minimum Gasteiger partial charge on any atom is -0.487 e. The highest BCUT2D eigenvalue weighted by Crippen LogP contribution is 2.29. The van der Waals surface area contributed by atoms with Crippen molar-refractivity contribution in [1.82, 2.24) is 4.57 Å². The van der Waals surface area contributed by atoms with Crippen LogP contribution in [0.2, 0.25) is 5.02 Å². The minimum absolute atomic E-state index is 0.109. The number of ether oxygens (including phenoxy) is 1. The van der Waals surface area contributed by atoms with E-state index in [9.17, 15) is 18.4 Å². The molecule has 2 amide bonds. The largest absolute Gasteiger partial charge is 0.487 e. The molecule has 0 bridgehead atoms. The number of nitrogens with zero attached hydrogens (tertiary/aromatic N) is 2. The monoisotopic (exact) mass is 445 g/mol. The second-order valence-corrected chi connectivity index (χ2v) is 7.53. The Kier molecular flexibility index (Phi) is 5.65. The van der Waals surface area contributed by atoms with Gasteiger partial charge < -0.3 is 15.0 Å². The third kappa shape index (κ3) is 4.25. The van der Waals surface area contributed by atoms with E-state index in [1.165, 1.54) is 27.8 Å². The van der Waals surface area contributed by atoms with Gasteiger partial charge in [0.2, 0.25) is 0 Å². The van der Waals surface area contributed by atoms with Crippen LogP contribution in [0.3, 0.4) is 0 Å². The highest BCUT2D eigenvalue weighted by Gasteiger charge is 2.23. The summed E-state index contributed by atoms with van der Waals surface area (Å²) in [5.74, 6) is -1.32. The number of halogens is 3. The van der Waals surface area contributed by atoms with Crippen LogP contribution in [0.4, 0.5) is 19.3 Å². The lowest BCUT2D eigenvalue weighted by molar-refractivity contribution is 0.254. The van der Waals surface area contributed by atoms with Crippen molar-refractivity contribution >= 4 is 23.3 Å². The maximum atomic E-state index is 13.8. The molecule has 0 spiro atoms. The molecule has 1 aliphatic rings. The molecule has 0 saturated carbocycles. The lowest BCUT2D eigenvalue weighted by atomic mass is 10.1. The first-order valence-electron chi connectivity index (χ1n) is 9.48. The summed E-state index contributed by atoms with van der Waals surface area (Å²) in [4.78, 5) is 25.6. The Morgan fingerprint density at radius 1 is 1.16 bits per heavy atom. The Hall–Kier alpha value is -3.39. The standard InChI is InChI=1S/C22H18ClF2N3O3/c23-20-19(31-12-15-2-3-16(24)10-17(15)25)6-7-27(21(20)29)11-13-1-4-18-14(9-13)5-8-28(18)22(26)30/h1-4,6-7,9-10H,5,8,11-12H2,(H2,26,30). The van der Waals surface area contributed by atoms with Crippen LogP contribution in [-0.4, -0.2) is 17.1 Å². The van der Waals surface area contributed by atoms with E-state index in [0.29, 0.717) is 13.0 Å². The zero-order chi connectivity index (χ0) is 22.1. The smallest absolute Gasteiger partial charge is 0.319 e. The number of urea groups is 1. The van der Waals surface area contributed by atoms with Gasteiger partial charge in [0, 0.05) is 30.1 Å². The number of fused-ring (bicyclic) bond motifs is 1. The van der Waals surface area contributed by atoms with E-state index >= 15 is 0 Å². The predicted molar refractivity (Wildman–Crippen MR) is 113 cm³/mol. The fourth-order valence-electron chi connectivity index (χ4n) is 3.54. The number of carbonyl (C=O) groups is 1. The highest BCUT2D eigenvalue weighted by molar-refractivity contribution is 6.31. The number of primary amides is 1. The van der Waals surface area contributed by atoms with Gasteiger partial charge in [0.05, 0.1) is 6.54 Å². The molecular weight excluding hydrogens is 428 g/mol. The van der Waals surface area contributed by atoms with Crippen LogP contribution in [0.5, 0.6) is 5.75 Å². The molecule has 0 radical (unpaired) electrons. The van der Waals surface area contributed by atoms with Crippen LogP contribution < -0.4 is 20.9 Å². The van der Waals surface area contributed by atoms with E-state index in [4.69, 9.17) is 22.1 Å². The van der Waals surface area contributed by atoms with Crippen molar-refractivity contribution in [2.75, 3.05) is 11.4 Å². The number of hydrogen-bond donors (Lipinski definition) is 1. The number of carbonyl (C=O) groups excluding carboxylic acids is 1. The molecule has 0 saturated heterocycles. The van der Waals surface area contributed by atoms with E-state index in [1.54, 1.807) is 0 Å². The molecule has 2 aromatic carbocycles. The van der Waals surface area contributed by atoms with Gasteiger partial charge in [0.1, 0.15) is 29.0 Å². The molecule has 9 heteroatoms. The third-order valence-electron chi connectivity index (χ3n) is 5.13. The molecule has 0 aliphatic carbocycles. The fourth-order valence-corrected chi connectivity index (χ4v) is 3.77. The van der Waals surface area contributed by atoms with Crippen molar-refractivity contribution in [2.45, 2.75) is 19.6 Å². The second kappa shape index (κ2) is 8.39. The first-order chi connectivity index (χ1) is 14.8. The molecule has 1 aliphatic heterocycles. The Morgan fingerprint density at radius 2 is 1.97 bits per heavy atom. The maximum Gasteiger partial charge on any atom is 0.319 e. The topological polar surface area (TPSA) is 77.6 Å². The summed E-state index contributed by atoms with van der Waals surface area (Å²) in [7, 11) is 0. The molecular formula is C22H18ClF2N3O3. The van der Waals surface area contributed by atoms with Crippen LogP contribution >= 0.6 is 11.6 Å². The summed E-state index contributed by atoms with van der Waals surface area (Å²) in [6.45, 7) is 0.604. The summed E-state index contributed by atoms with van der Waals surface area (Å²) >= 11 is 6.17. The third-order valence-corrected chi connectivity index (χ3v) is 5.48. The molecule has 1 aromatic heterocycles. The first kappa shape index (κ1) is 20.9. The maximum absolute atomic E-state index is 13.8. The molecule has 0 atom stereocenters. The summed E-state index contributed by atoms with van der Waals surface area (Å²) in [6.07, 6.45) is 2.22. The number of benzene rings is 2. The van der Waals surface area contributed by atoms with Gasteiger partial charge in [-0.05, 0) is 41.8 Å². The van der Waals surface area contributed by atoms with Gasteiger partial charge in [-0.25, -0.2) is 13.6 Å². The number of nitrogens with two attached hydrogens (primary N) is 1. The molecule has 2 N–H and O–H groups in total. The Morgan fingerprint density at radius 3 is 2.71 bits per heavy atom. The minimum atomic E-state index is -0.740. The van der Waals surface area contributed by atoms with Gasteiger partial charge in [0.25, 0.3) is 5.56 Å². The van der Waals surface area contributed by atoms with E-state index in [2.05, 4.69) is 0 Å². The Labute approximate surface area is 181 Å². The number of amides is 2. The summed E-state index contributed by atoms with van der Waals surface area (Å²) in [5.41, 5.74) is 7.69. The quantitative estimate of drug-likeness (QED) is 0.648. The zero-order valence-electron chi connectivity index (χ0n) is 16.3. The number of aromatic nitrogens is 1. The average Bonchev–Trinajstić information content (AvgIpc) is 3.15. The Balaban J connectivity index is 1.50. The second-order valence-electron chi connectivity index (χ2n) is 7.15. The summed E-state index contributed by atoms with van der Waals surface area (Å²) in [6, 6.07) is 9.75. The fraction of sp³-hybridized carbons (Fsp3) is 0.182. The van der Waals surface area contributed by atoms with Crippen molar-refractivity contribution in [3.05, 3.63) is 92.4 Å². The van der Waals surface area contributed by atoms with E-state index in [0.717, 1.165) is 28.9 Å². The van der Waals surface area contributed by atoms with Gasteiger partial charge in [-0.3, -0.25) is 9.69 Å². The van der Waals surface area contributed by atoms with Gasteiger partial charge in [-0.2, -0.15) is 0 Å². The van der Waals surface area contributed by atoms with E-state index < -0.39 is 23.2 Å². The van der Waals surface area contributed by atoms with Crippen molar-refractivity contribution in [3.63, 3.8) is 0 Å². The molecule has 0 unspecified atom stereocenters. The van der Waals surface area contributed by atoms with Crippen molar-refractivity contribution < 1.29 is 18.3 Å². The summed E-state index contributed by atoms with van der Waals surface area (Å²) in [5, 5.41) is -0.133. The van der Waals surface area contributed by atoms with Crippen molar-refractivity contribution in [3.8, 4) is 5.75 Å². The molecule has 6 nitrogen and oxygen atoms in total. The van der Waals surface area contributed by atoms with Gasteiger partial charge in [-0.1, -0.05) is 23.7 Å². The molecule has 0 fully saturated rings. The van der Waals surface area contributed by atoms with Gasteiger partial charge in [-0.15, -0.1) is 0 Å². The lowest BCUT2D eigenvalue weighted by Gasteiger charge is -2.15. The molecule has 31 heavy (non-hydrogen) atoms. The van der Waals surface area contributed by atoms with Crippen molar-refractivity contribution in [2.24, 2.45) is 5.73 Å². The predicted octanol–water partition coefficient (Wildman–Crippen LogP) is 3.85. The number of hydrogen-bond acceptors (Lipinski definition) is 3. The zero-order valence-corrected chi connectivity index (χ0v) is 17.0. The van der Waals surface area contributed by atoms with Crippen LogP contribution in [0, 0.1) is 11.6 Å². The van der Waals surface area contributed by atoms with Crippen LogP contribution in [0.15, 0.2) is 53.5 Å². The SMILES string of the molecule is NC(=O)N1CCc2cc(Cn3ccc(OCc4ccc(F)cc4F)c(Cl)c3=O)ccc21. The normalized spacial score (nSPS) is 12.7. The molecule has 2 heterocycles. The van der Waals surface area contributed by atoms with Crippen LogP contribution in [0.1, 0.15) is 16.7 Å². The van der Waals surface area contributed by atoms with E-state index in [1.807, 2.05) is 18.2 Å². The van der Waals surface area contributed by atoms with Crippen LogP contribution in [-0.2, 0) is 19.6 Å². The van der Waals surface area contributed by atoms with Gasteiger partial charge in [0.15, 0.2) is 0 Å². The molecule has 160 valence electrons.